The number of aromatic nitrogens is 2. The van der Waals surface area contributed by atoms with Crippen LogP contribution in [0.3, 0.4) is 0 Å². The first kappa shape index (κ1) is 13.9. The zero-order valence-corrected chi connectivity index (χ0v) is 13.3. The normalized spacial score (nSPS) is 10.8. The molecular weight excluding hydrogens is 326 g/mol. The average Bonchev–Trinajstić information content (AvgIpc) is 2.85. The Labute approximate surface area is 132 Å². The van der Waals surface area contributed by atoms with Crippen molar-refractivity contribution in [2.45, 2.75) is 13.3 Å². The lowest BCUT2D eigenvalue weighted by Gasteiger charge is -2.03. The molecule has 1 aromatic heterocycles. The van der Waals surface area contributed by atoms with E-state index in [1.807, 2.05) is 47.1 Å². The summed E-state index contributed by atoms with van der Waals surface area (Å²) in [6.07, 6.45) is 0.848. The summed E-state index contributed by atoms with van der Waals surface area (Å²) < 4.78 is 2.85. The van der Waals surface area contributed by atoms with Crippen LogP contribution in [0.2, 0.25) is 0 Å². The summed E-state index contributed by atoms with van der Waals surface area (Å²) in [5.41, 5.74) is 10.4. The quantitative estimate of drug-likeness (QED) is 0.764. The maximum atomic E-state index is 6.31. The Bertz CT molecular complexity index is 763. The number of rotatable bonds is 3. The number of benzene rings is 2. The third kappa shape index (κ3) is 2.59. The van der Waals surface area contributed by atoms with E-state index in [-0.39, 0.29) is 0 Å². The van der Waals surface area contributed by atoms with Gasteiger partial charge in [0.15, 0.2) is 0 Å². The summed E-state index contributed by atoms with van der Waals surface area (Å²) in [4.78, 5) is 0. The Morgan fingerprint density at radius 1 is 1.10 bits per heavy atom. The smallest absolute Gasteiger partial charge is 0.131 e. The molecule has 2 N–H and O–H groups in total. The van der Waals surface area contributed by atoms with Crippen LogP contribution in [0.15, 0.2) is 59.1 Å². The highest BCUT2D eigenvalue weighted by Crippen LogP contribution is 2.30. The highest BCUT2D eigenvalue weighted by atomic mass is 79.9. The highest BCUT2D eigenvalue weighted by Gasteiger charge is 2.16. The van der Waals surface area contributed by atoms with Crippen LogP contribution in [-0.2, 0) is 6.42 Å². The number of halogens is 1. The average molecular weight is 342 g/mol. The molecular formula is C17H16BrN3. The van der Waals surface area contributed by atoms with Gasteiger partial charge in [-0.25, -0.2) is 4.68 Å². The summed E-state index contributed by atoms with van der Waals surface area (Å²) in [7, 11) is 0. The largest absolute Gasteiger partial charge is 0.383 e. The van der Waals surface area contributed by atoms with Gasteiger partial charge in [-0.05, 0) is 30.7 Å². The molecule has 0 atom stereocenters. The van der Waals surface area contributed by atoms with Gasteiger partial charge in [0.1, 0.15) is 5.82 Å². The summed E-state index contributed by atoms with van der Waals surface area (Å²) in [6, 6.07) is 18.1. The Morgan fingerprint density at radius 3 is 2.52 bits per heavy atom. The fourth-order valence-corrected chi connectivity index (χ4v) is 2.84. The van der Waals surface area contributed by atoms with E-state index in [0.29, 0.717) is 5.82 Å². The summed E-state index contributed by atoms with van der Waals surface area (Å²) >= 11 is 3.51. The van der Waals surface area contributed by atoms with Gasteiger partial charge in [0.05, 0.1) is 11.4 Å². The molecule has 0 spiro atoms. The molecule has 0 fully saturated rings. The minimum Gasteiger partial charge on any atom is -0.383 e. The molecule has 0 aliphatic heterocycles. The fraction of sp³-hybridized carbons (Fsp3) is 0.118. The van der Waals surface area contributed by atoms with Crippen molar-refractivity contribution in [2.24, 2.45) is 0 Å². The van der Waals surface area contributed by atoms with E-state index in [1.165, 1.54) is 0 Å². The molecule has 106 valence electrons. The Morgan fingerprint density at radius 2 is 1.86 bits per heavy atom. The molecule has 21 heavy (non-hydrogen) atoms. The topological polar surface area (TPSA) is 43.8 Å². The number of hydrogen-bond donors (Lipinski definition) is 1. The number of nitrogen functional groups attached to an aromatic ring is 1. The lowest BCUT2D eigenvalue weighted by atomic mass is 10.1. The monoisotopic (exact) mass is 341 g/mol. The predicted molar refractivity (Wildman–Crippen MR) is 90.5 cm³/mol. The maximum absolute atomic E-state index is 6.31. The van der Waals surface area contributed by atoms with Crippen molar-refractivity contribution in [1.82, 2.24) is 9.78 Å². The van der Waals surface area contributed by atoms with E-state index in [4.69, 9.17) is 10.8 Å². The number of nitrogens with zero attached hydrogens (tertiary/aromatic N) is 2. The Hall–Kier alpha value is -2.07. The van der Waals surface area contributed by atoms with Crippen LogP contribution in [-0.4, -0.2) is 9.78 Å². The molecule has 0 aliphatic rings. The van der Waals surface area contributed by atoms with Gasteiger partial charge >= 0.3 is 0 Å². The second-order valence-electron chi connectivity index (χ2n) is 4.82. The molecule has 3 aromatic rings. The molecule has 4 heteroatoms. The Kier molecular flexibility index (Phi) is 3.80. The standard InChI is InChI=1S/C17H16BrN3/c1-2-15-16(12-7-6-8-13(18)11-12)20-21(17(15)19)14-9-4-3-5-10-14/h3-11H,2,19H2,1H3. The first-order valence-corrected chi connectivity index (χ1v) is 7.68. The zero-order chi connectivity index (χ0) is 14.8. The summed E-state index contributed by atoms with van der Waals surface area (Å²) in [5.74, 6) is 0.707. The van der Waals surface area contributed by atoms with Crippen molar-refractivity contribution >= 4 is 21.7 Å². The third-order valence-electron chi connectivity index (χ3n) is 3.48. The van der Waals surface area contributed by atoms with Crippen LogP contribution in [0.1, 0.15) is 12.5 Å². The molecule has 0 radical (unpaired) electrons. The van der Waals surface area contributed by atoms with E-state index < -0.39 is 0 Å². The molecule has 0 unspecified atom stereocenters. The first-order valence-electron chi connectivity index (χ1n) is 6.89. The van der Waals surface area contributed by atoms with Gasteiger partial charge in [-0.1, -0.05) is 53.2 Å². The predicted octanol–water partition coefficient (Wildman–Crippen LogP) is 4.45. The lowest BCUT2D eigenvalue weighted by Crippen LogP contribution is -2.02. The third-order valence-corrected chi connectivity index (χ3v) is 3.97. The van der Waals surface area contributed by atoms with E-state index in [9.17, 15) is 0 Å². The van der Waals surface area contributed by atoms with Gasteiger partial charge in [0.25, 0.3) is 0 Å². The van der Waals surface area contributed by atoms with Crippen LogP contribution >= 0.6 is 15.9 Å². The van der Waals surface area contributed by atoms with Crippen LogP contribution in [0.5, 0.6) is 0 Å². The van der Waals surface area contributed by atoms with Crippen LogP contribution in [0.25, 0.3) is 16.9 Å². The highest BCUT2D eigenvalue weighted by molar-refractivity contribution is 9.10. The van der Waals surface area contributed by atoms with E-state index in [2.05, 4.69) is 35.0 Å². The second-order valence-corrected chi connectivity index (χ2v) is 5.74. The minimum atomic E-state index is 0.707. The molecule has 3 nitrogen and oxygen atoms in total. The van der Waals surface area contributed by atoms with Crippen LogP contribution in [0.4, 0.5) is 5.82 Å². The number of nitrogens with two attached hydrogens (primary N) is 1. The lowest BCUT2D eigenvalue weighted by molar-refractivity contribution is 0.894. The van der Waals surface area contributed by atoms with Crippen LogP contribution in [0, 0.1) is 0 Å². The first-order chi connectivity index (χ1) is 10.2. The number of para-hydroxylation sites is 1. The SMILES string of the molecule is CCc1c(-c2cccc(Br)c2)nn(-c2ccccc2)c1N. The van der Waals surface area contributed by atoms with E-state index in [0.717, 1.165) is 33.4 Å². The Balaban J connectivity index is 2.19. The van der Waals surface area contributed by atoms with Gasteiger partial charge in [-0.15, -0.1) is 0 Å². The molecule has 2 aromatic carbocycles. The van der Waals surface area contributed by atoms with Crippen LogP contribution < -0.4 is 5.73 Å². The maximum Gasteiger partial charge on any atom is 0.131 e. The van der Waals surface area contributed by atoms with Gasteiger partial charge in [0, 0.05) is 15.6 Å². The molecule has 1 heterocycles. The number of anilines is 1. The van der Waals surface area contributed by atoms with Gasteiger partial charge in [-0.3, -0.25) is 0 Å². The number of hydrogen-bond acceptors (Lipinski definition) is 2. The summed E-state index contributed by atoms with van der Waals surface area (Å²) in [6.45, 7) is 2.10. The van der Waals surface area contributed by atoms with Gasteiger partial charge in [0.2, 0.25) is 0 Å². The molecule has 0 bridgehead atoms. The second kappa shape index (κ2) is 5.74. The summed E-state index contributed by atoms with van der Waals surface area (Å²) in [5, 5.41) is 4.73. The van der Waals surface area contributed by atoms with Gasteiger partial charge < -0.3 is 5.73 Å². The zero-order valence-electron chi connectivity index (χ0n) is 11.8. The molecule has 0 saturated heterocycles. The van der Waals surface area contributed by atoms with Gasteiger partial charge in [-0.2, -0.15) is 5.10 Å². The fourth-order valence-electron chi connectivity index (χ4n) is 2.45. The molecule has 0 saturated carbocycles. The van der Waals surface area contributed by atoms with E-state index in [1.54, 1.807) is 0 Å². The molecule has 3 rings (SSSR count). The minimum absolute atomic E-state index is 0.707. The van der Waals surface area contributed by atoms with Crippen molar-refractivity contribution in [3.63, 3.8) is 0 Å². The van der Waals surface area contributed by atoms with E-state index >= 15 is 0 Å². The van der Waals surface area contributed by atoms with Crippen molar-refractivity contribution < 1.29 is 0 Å². The van der Waals surface area contributed by atoms with Crippen molar-refractivity contribution in [3.8, 4) is 16.9 Å². The van der Waals surface area contributed by atoms with Crippen molar-refractivity contribution in [2.75, 3.05) is 5.73 Å². The molecule has 0 aliphatic carbocycles. The molecule has 0 amide bonds. The van der Waals surface area contributed by atoms with Crippen molar-refractivity contribution in [1.29, 1.82) is 0 Å². The van der Waals surface area contributed by atoms with Crippen molar-refractivity contribution in [3.05, 3.63) is 64.6 Å².